The van der Waals surface area contributed by atoms with Gasteiger partial charge in [-0.3, -0.25) is 9.69 Å². The van der Waals surface area contributed by atoms with Gasteiger partial charge in [-0.05, 0) is 31.2 Å². The lowest BCUT2D eigenvalue weighted by atomic mass is 10.1. The van der Waals surface area contributed by atoms with Crippen LogP contribution in [0.4, 0.5) is 0 Å². The van der Waals surface area contributed by atoms with E-state index in [0.29, 0.717) is 18.7 Å². The first-order chi connectivity index (χ1) is 10.2. The number of hydrogen-bond donors (Lipinski definition) is 0. The normalized spacial score (nSPS) is 22.4. The topological polar surface area (TPSA) is 48.0 Å². The molecule has 0 aliphatic carbocycles. The van der Waals surface area contributed by atoms with Crippen LogP contribution >= 0.6 is 0 Å². The van der Waals surface area contributed by atoms with E-state index in [9.17, 15) is 4.79 Å². The molecule has 1 aromatic rings. The van der Waals surface area contributed by atoms with Crippen LogP contribution in [0, 0.1) is 0 Å². The monoisotopic (exact) mass is 293 g/mol. The van der Waals surface area contributed by atoms with Crippen LogP contribution in [-0.2, 0) is 9.47 Å². The van der Waals surface area contributed by atoms with Crippen LogP contribution < -0.4 is 4.74 Å². The van der Waals surface area contributed by atoms with Gasteiger partial charge in [0.2, 0.25) is 0 Å². The summed E-state index contributed by atoms with van der Waals surface area (Å²) in [5, 5.41) is 0. The molecule has 0 saturated carbocycles. The number of hydrogen-bond acceptors (Lipinski definition) is 5. The highest BCUT2D eigenvalue weighted by atomic mass is 16.5. The predicted molar refractivity (Wildman–Crippen MR) is 80.0 cm³/mol. The first-order valence-electron chi connectivity index (χ1n) is 7.22. The lowest BCUT2D eigenvalue weighted by molar-refractivity contribution is -0.00461. The number of carbonyl (C=O) groups excluding carboxylic acids is 1. The van der Waals surface area contributed by atoms with Gasteiger partial charge in [0, 0.05) is 32.9 Å². The van der Waals surface area contributed by atoms with Gasteiger partial charge in [-0.25, -0.2) is 0 Å². The lowest BCUT2D eigenvalue weighted by Gasteiger charge is -2.14. The summed E-state index contributed by atoms with van der Waals surface area (Å²) in [6.07, 6.45) is 0.0614. The Balaban J connectivity index is 1.92. The third-order valence-electron chi connectivity index (χ3n) is 3.75. The summed E-state index contributed by atoms with van der Waals surface area (Å²) in [6, 6.07) is 7.28. The standard InChI is InChI=1S/C16H23NO4/c1-4-21-13-7-5-12(6-8-13)14(18)9-17-10-15(19-2)16(11-17)20-3/h5-8,15-16H,4,9-11H2,1-3H3. The van der Waals surface area contributed by atoms with Crippen LogP contribution in [-0.4, -0.2) is 63.4 Å². The highest BCUT2D eigenvalue weighted by molar-refractivity contribution is 5.97. The summed E-state index contributed by atoms with van der Waals surface area (Å²) < 4.78 is 16.1. The molecule has 1 aliphatic rings. The summed E-state index contributed by atoms with van der Waals surface area (Å²) >= 11 is 0. The largest absolute Gasteiger partial charge is 0.494 e. The molecule has 0 radical (unpaired) electrons. The van der Waals surface area contributed by atoms with Crippen molar-refractivity contribution < 1.29 is 19.0 Å². The van der Waals surface area contributed by atoms with Crippen LogP contribution in [0.5, 0.6) is 5.75 Å². The van der Waals surface area contributed by atoms with Gasteiger partial charge < -0.3 is 14.2 Å². The fraction of sp³-hybridized carbons (Fsp3) is 0.562. The van der Waals surface area contributed by atoms with E-state index in [0.717, 1.165) is 18.8 Å². The van der Waals surface area contributed by atoms with Crippen molar-refractivity contribution in [3.8, 4) is 5.75 Å². The summed E-state index contributed by atoms with van der Waals surface area (Å²) in [5.41, 5.74) is 0.702. The molecule has 5 nitrogen and oxygen atoms in total. The van der Waals surface area contributed by atoms with Gasteiger partial charge in [-0.1, -0.05) is 0 Å². The molecular weight excluding hydrogens is 270 g/mol. The molecule has 21 heavy (non-hydrogen) atoms. The smallest absolute Gasteiger partial charge is 0.176 e. The Bertz CT molecular complexity index is 448. The van der Waals surface area contributed by atoms with Gasteiger partial charge in [0.25, 0.3) is 0 Å². The van der Waals surface area contributed by atoms with E-state index in [-0.39, 0.29) is 18.0 Å². The Labute approximate surface area is 125 Å². The van der Waals surface area contributed by atoms with Crippen LogP contribution in [0.2, 0.25) is 0 Å². The molecule has 1 heterocycles. The van der Waals surface area contributed by atoms with E-state index < -0.39 is 0 Å². The molecule has 0 amide bonds. The SMILES string of the molecule is CCOc1ccc(C(=O)CN2CC(OC)C(OC)C2)cc1. The number of benzene rings is 1. The number of ether oxygens (including phenoxy) is 3. The van der Waals surface area contributed by atoms with Gasteiger partial charge in [-0.15, -0.1) is 0 Å². The second kappa shape index (κ2) is 7.54. The second-order valence-electron chi connectivity index (χ2n) is 5.12. The maximum Gasteiger partial charge on any atom is 0.176 e. The molecule has 2 atom stereocenters. The molecule has 1 aromatic carbocycles. The zero-order chi connectivity index (χ0) is 15.2. The van der Waals surface area contributed by atoms with Crippen molar-refractivity contribution in [2.45, 2.75) is 19.1 Å². The van der Waals surface area contributed by atoms with E-state index in [1.165, 1.54) is 0 Å². The van der Waals surface area contributed by atoms with E-state index in [4.69, 9.17) is 14.2 Å². The van der Waals surface area contributed by atoms with E-state index in [1.54, 1.807) is 14.2 Å². The van der Waals surface area contributed by atoms with E-state index in [2.05, 4.69) is 4.90 Å². The first-order valence-corrected chi connectivity index (χ1v) is 7.22. The Morgan fingerprint density at radius 1 is 1.14 bits per heavy atom. The number of rotatable bonds is 7. The molecular formula is C16H23NO4. The summed E-state index contributed by atoms with van der Waals surface area (Å²) in [7, 11) is 3.35. The Hall–Kier alpha value is -1.43. The van der Waals surface area contributed by atoms with Gasteiger partial charge in [-0.2, -0.15) is 0 Å². The second-order valence-corrected chi connectivity index (χ2v) is 5.12. The van der Waals surface area contributed by atoms with Crippen LogP contribution in [0.3, 0.4) is 0 Å². The Kier molecular flexibility index (Phi) is 5.73. The van der Waals surface area contributed by atoms with Gasteiger partial charge in [0.1, 0.15) is 5.75 Å². The number of nitrogens with zero attached hydrogens (tertiary/aromatic N) is 1. The Morgan fingerprint density at radius 2 is 1.71 bits per heavy atom. The van der Waals surface area contributed by atoms with Crippen molar-refractivity contribution in [2.24, 2.45) is 0 Å². The molecule has 5 heteroatoms. The lowest BCUT2D eigenvalue weighted by Crippen LogP contribution is -2.29. The molecule has 0 spiro atoms. The van der Waals surface area contributed by atoms with Crippen molar-refractivity contribution in [1.82, 2.24) is 4.90 Å². The van der Waals surface area contributed by atoms with Crippen LogP contribution in [0.15, 0.2) is 24.3 Å². The average Bonchev–Trinajstić information content (AvgIpc) is 2.90. The van der Waals surface area contributed by atoms with E-state index in [1.807, 2.05) is 31.2 Å². The molecule has 1 aliphatic heterocycles. The van der Waals surface area contributed by atoms with Crippen LogP contribution in [0.1, 0.15) is 17.3 Å². The molecule has 2 rings (SSSR count). The van der Waals surface area contributed by atoms with Crippen molar-refractivity contribution in [1.29, 1.82) is 0 Å². The molecule has 0 aromatic heterocycles. The van der Waals surface area contributed by atoms with Crippen molar-refractivity contribution >= 4 is 5.78 Å². The predicted octanol–water partition coefficient (Wildman–Crippen LogP) is 1.61. The summed E-state index contributed by atoms with van der Waals surface area (Å²) in [6.45, 7) is 4.38. The van der Waals surface area contributed by atoms with E-state index >= 15 is 0 Å². The molecule has 2 unspecified atom stereocenters. The minimum absolute atomic E-state index is 0.0307. The maximum absolute atomic E-state index is 12.3. The molecule has 116 valence electrons. The first kappa shape index (κ1) is 15.9. The number of methoxy groups -OCH3 is 2. The highest BCUT2D eigenvalue weighted by Gasteiger charge is 2.33. The number of Topliss-reactive ketones (excluding diaryl/α,β-unsaturated/α-hetero) is 1. The maximum atomic E-state index is 12.3. The quantitative estimate of drug-likeness (QED) is 0.715. The number of ketones is 1. The molecule has 0 N–H and O–H groups in total. The van der Waals surface area contributed by atoms with Gasteiger partial charge in [0.05, 0.1) is 25.4 Å². The zero-order valence-corrected chi connectivity index (χ0v) is 12.9. The third-order valence-corrected chi connectivity index (χ3v) is 3.75. The molecule has 1 fully saturated rings. The van der Waals surface area contributed by atoms with Gasteiger partial charge in [0.15, 0.2) is 5.78 Å². The van der Waals surface area contributed by atoms with Gasteiger partial charge >= 0.3 is 0 Å². The number of carbonyl (C=O) groups is 1. The fourth-order valence-corrected chi connectivity index (χ4v) is 2.60. The highest BCUT2D eigenvalue weighted by Crippen LogP contribution is 2.17. The van der Waals surface area contributed by atoms with Crippen molar-refractivity contribution in [3.05, 3.63) is 29.8 Å². The average molecular weight is 293 g/mol. The van der Waals surface area contributed by atoms with Crippen molar-refractivity contribution in [2.75, 3.05) is 40.5 Å². The third kappa shape index (κ3) is 4.03. The molecule has 1 saturated heterocycles. The van der Waals surface area contributed by atoms with Crippen molar-refractivity contribution in [3.63, 3.8) is 0 Å². The number of likely N-dealkylation sites (tertiary alicyclic amines) is 1. The fourth-order valence-electron chi connectivity index (χ4n) is 2.60. The minimum atomic E-state index is 0.0307. The zero-order valence-electron chi connectivity index (χ0n) is 12.9. The minimum Gasteiger partial charge on any atom is -0.494 e. The Morgan fingerprint density at radius 3 is 2.19 bits per heavy atom. The summed E-state index contributed by atoms with van der Waals surface area (Å²) in [4.78, 5) is 14.4. The molecule has 0 bridgehead atoms. The van der Waals surface area contributed by atoms with Crippen LogP contribution in [0.25, 0.3) is 0 Å². The summed E-state index contributed by atoms with van der Waals surface area (Å²) in [5.74, 6) is 0.888.